The first kappa shape index (κ1) is 20.1. The smallest absolute Gasteiger partial charge is 0.280 e. The Morgan fingerprint density at radius 2 is 1.90 bits per heavy atom. The Hall–Kier alpha value is -4.14. The Morgan fingerprint density at radius 3 is 2.61 bits per heavy atom. The van der Waals surface area contributed by atoms with Gasteiger partial charge in [0.15, 0.2) is 11.5 Å². The molecule has 2 heterocycles. The van der Waals surface area contributed by atoms with E-state index in [0.717, 1.165) is 16.9 Å². The van der Waals surface area contributed by atoms with Crippen molar-refractivity contribution in [1.82, 2.24) is 20.0 Å². The Bertz CT molecular complexity index is 1230. The van der Waals surface area contributed by atoms with Crippen molar-refractivity contribution in [2.45, 2.75) is 20.4 Å². The summed E-state index contributed by atoms with van der Waals surface area (Å²) in [6, 6.07) is 14.9. The number of aromatic nitrogens is 4. The minimum atomic E-state index is -0.422. The third-order valence-corrected chi connectivity index (χ3v) is 4.91. The minimum absolute atomic E-state index is 0.0554. The van der Waals surface area contributed by atoms with E-state index in [1.807, 2.05) is 62.4 Å². The fourth-order valence-corrected chi connectivity index (χ4v) is 3.07. The van der Waals surface area contributed by atoms with E-state index in [1.165, 1.54) is 4.68 Å². The first-order chi connectivity index (χ1) is 15.0. The van der Waals surface area contributed by atoms with E-state index in [9.17, 15) is 4.79 Å². The lowest BCUT2D eigenvalue weighted by Gasteiger charge is -2.07. The summed E-state index contributed by atoms with van der Waals surface area (Å²) in [7, 11) is 1.61. The SMILES string of the molecule is COc1ccc(-c2nc(Cn3nnc(C(=O)Nc4ccccc4C)c3N)c(C)o2)cc1. The van der Waals surface area contributed by atoms with Gasteiger partial charge in [-0.2, -0.15) is 0 Å². The first-order valence-electron chi connectivity index (χ1n) is 9.63. The lowest BCUT2D eigenvalue weighted by atomic mass is 10.2. The van der Waals surface area contributed by atoms with Crippen LogP contribution in [-0.2, 0) is 6.54 Å². The van der Waals surface area contributed by atoms with Crippen LogP contribution in [0.15, 0.2) is 52.9 Å². The molecule has 0 aliphatic heterocycles. The van der Waals surface area contributed by atoms with Crippen LogP contribution < -0.4 is 15.8 Å². The monoisotopic (exact) mass is 418 g/mol. The second-order valence-electron chi connectivity index (χ2n) is 7.00. The van der Waals surface area contributed by atoms with Gasteiger partial charge in [-0.3, -0.25) is 4.79 Å². The van der Waals surface area contributed by atoms with Crippen LogP contribution in [0.5, 0.6) is 5.75 Å². The number of nitrogens with one attached hydrogen (secondary N) is 1. The van der Waals surface area contributed by atoms with Crippen molar-refractivity contribution in [2.75, 3.05) is 18.2 Å². The van der Waals surface area contributed by atoms with Crippen molar-refractivity contribution in [3.8, 4) is 17.2 Å². The molecule has 0 atom stereocenters. The maximum absolute atomic E-state index is 12.6. The van der Waals surface area contributed by atoms with E-state index >= 15 is 0 Å². The molecular weight excluding hydrogens is 396 g/mol. The molecule has 0 saturated carbocycles. The highest BCUT2D eigenvalue weighted by Gasteiger charge is 2.20. The standard InChI is InChI=1S/C22H22N6O3/c1-13-6-4-5-7-17(13)24-21(29)19-20(23)28(27-26-19)12-18-14(2)31-22(25-18)15-8-10-16(30-3)11-9-15/h4-11H,12,23H2,1-3H3,(H,24,29). The van der Waals surface area contributed by atoms with Gasteiger partial charge in [-0.15, -0.1) is 5.10 Å². The van der Waals surface area contributed by atoms with Crippen LogP contribution >= 0.6 is 0 Å². The lowest BCUT2D eigenvalue weighted by Crippen LogP contribution is -2.16. The van der Waals surface area contributed by atoms with Crippen LogP contribution in [0.25, 0.3) is 11.5 Å². The zero-order valence-corrected chi connectivity index (χ0v) is 17.4. The lowest BCUT2D eigenvalue weighted by molar-refractivity contribution is 0.102. The van der Waals surface area contributed by atoms with Gasteiger partial charge in [0.2, 0.25) is 5.89 Å². The molecule has 0 fully saturated rings. The quantitative estimate of drug-likeness (QED) is 0.492. The predicted octanol–water partition coefficient (Wildman–Crippen LogP) is 3.44. The maximum atomic E-state index is 12.6. The van der Waals surface area contributed by atoms with Gasteiger partial charge in [-0.25, -0.2) is 9.67 Å². The Balaban J connectivity index is 1.53. The molecule has 2 aromatic heterocycles. The molecule has 0 spiro atoms. The van der Waals surface area contributed by atoms with Crippen LogP contribution in [-0.4, -0.2) is 33.0 Å². The molecule has 2 aromatic carbocycles. The molecule has 4 aromatic rings. The van der Waals surface area contributed by atoms with Crippen molar-refractivity contribution in [1.29, 1.82) is 0 Å². The molecule has 0 saturated heterocycles. The zero-order chi connectivity index (χ0) is 22.0. The van der Waals surface area contributed by atoms with E-state index < -0.39 is 5.91 Å². The molecule has 4 rings (SSSR count). The highest BCUT2D eigenvalue weighted by Crippen LogP contribution is 2.25. The van der Waals surface area contributed by atoms with Gasteiger partial charge in [-0.1, -0.05) is 23.4 Å². The number of para-hydroxylation sites is 1. The largest absolute Gasteiger partial charge is 0.497 e. The number of hydrogen-bond acceptors (Lipinski definition) is 7. The average molecular weight is 418 g/mol. The number of rotatable bonds is 6. The summed E-state index contributed by atoms with van der Waals surface area (Å²) in [4.78, 5) is 17.2. The number of amides is 1. The number of ether oxygens (including phenoxy) is 1. The molecule has 9 heteroatoms. The Morgan fingerprint density at radius 1 is 1.16 bits per heavy atom. The average Bonchev–Trinajstić information content (AvgIpc) is 3.32. The van der Waals surface area contributed by atoms with Crippen molar-refractivity contribution in [2.24, 2.45) is 0 Å². The number of carbonyl (C=O) groups excluding carboxylic acids is 1. The van der Waals surface area contributed by atoms with Gasteiger partial charge in [0.1, 0.15) is 17.2 Å². The molecule has 1 amide bonds. The van der Waals surface area contributed by atoms with Gasteiger partial charge >= 0.3 is 0 Å². The third kappa shape index (κ3) is 4.11. The predicted molar refractivity (Wildman–Crippen MR) is 116 cm³/mol. The summed E-state index contributed by atoms with van der Waals surface area (Å²) in [5, 5.41) is 10.8. The fraction of sp³-hybridized carbons (Fsp3) is 0.182. The molecule has 3 N–H and O–H groups in total. The molecule has 0 aliphatic carbocycles. The summed E-state index contributed by atoms with van der Waals surface area (Å²) in [6.45, 7) is 3.94. The van der Waals surface area contributed by atoms with Crippen LogP contribution in [0.2, 0.25) is 0 Å². The zero-order valence-electron chi connectivity index (χ0n) is 17.4. The molecule has 0 unspecified atom stereocenters. The Labute approximate surface area is 178 Å². The number of methoxy groups -OCH3 is 1. The molecule has 31 heavy (non-hydrogen) atoms. The van der Waals surface area contributed by atoms with Gasteiger partial charge in [0.05, 0.1) is 13.7 Å². The minimum Gasteiger partial charge on any atom is -0.497 e. The first-order valence-corrected chi connectivity index (χ1v) is 9.63. The van der Waals surface area contributed by atoms with Crippen molar-refractivity contribution in [3.05, 3.63) is 71.2 Å². The summed E-state index contributed by atoms with van der Waals surface area (Å²) < 4.78 is 12.4. The molecule has 0 aliphatic rings. The van der Waals surface area contributed by atoms with Gasteiger partial charge in [-0.05, 0) is 49.7 Å². The fourth-order valence-electron chi connectivity index (χ4n) is 3.07. The van der Waals surface area contributed by atoms with E-state index in [-0.39, 0.29) is 18.1 Å². The maximum Gasteiger partial charge on any atom is 0.280 e. The number of anilines is 2. The molecule has 9 nitrogen and oxygen atoms in total. The molecule has 0 radical (unpaired) electrons. The van der Waals surface area contributed by atoms with E-state index in [1.54, 1.807) is 7.11 Å². The molecular formula is C22H22N6O3. The third-order valence-electron chi connectivity index (χ3n) is 4.91. The number of carbonyl (C=O) groups is 1. The summed E-state index contributed by atoms with van der Waals surface area (Å²) in [5.74, 6) is 1.59. The van der Waals surface area contributed by atoms with Gasteiger partial charge < -0.3 is 20.2 Å². The summed E-state index contributed by atoms with van der Waals surface area (Å²) in [6.07, 6.45) is 0. The highest BCUT2D eigenvalue weighted by atomic mass is 16.5. The Kier molecular flexibility index (Phi) is 5.40. The number of hydrogen-bond donors (Lipinski definition) is 2. The molecule has 0 bridgehead atoms. The topological polar surface area (TPSA) is 121 Å². The number of nitrogens with zero attached hydrogens (tertiary/aromatic N) is 4. The van der Waals surface area contributed by atoms with E-state index in [4.69, 9.17) is 14.9 Å². The normalized spacial score (nSPS) is 10.8. The van der Waals surface area contributed by atoms with E-state index in [2.05, 4.69) is 20.6 Å². The second-order valence-corrected chi connectivity index (χ2v) is 7.00. The number of aryl methyl sites for hydroxylation is 2. The summed E-state index contributed by atoms with van der Waals surface area (Å²) in [5.41, 5.74) is 9.30. The van der Waals surface area contributed by atoms with E-state index in [0.29, 0.717) is 23.0 Å². The van der Waals surface area contributed by atoms with Crippen LogP contribution in [0.4, 0.5) is 11.5 Å². The number of nitrogen functional groups attached to an aromatic ring is 1. The van der Waals surface area contributed by atoms with Crippen LogP contribution in [0, 0.1) is 13.8 Å². The number of nitrogens with two attached hydrogens (primary N) is 1. The second kappa shape index (κ2) is 8.31. The number of oxazole rings is 1. The molecule has 158 valence electrons. The van der Waals surface area contributed by atoms with Gasteiger partial charge in [0, 0.05) is 11.3 Å². The van der Waals surface area contributed by atoms with Crippen LogP contribution in [0.1, 0.15) is 27.5 Å². The number of benzene rings is 2. The summed E-state index contributed by atoms with van der Waals surface area (Å²) >= 11 is 0. The van der Waals surface area contributed by atoms with Crippen molar-refractivity contribution in [3.63, 3.8) is 0 Å². The highest BCUT2D eigenvalue weighted by molar-refractivity contribution is 6.06. The van der Waals surface area contributed by atoms with Crippen molar-refractivity contribution >= 4 is 17.4 Å². The van der Waals surface area contributed by atoms with Crippen molar-refractivity contribution < 1.29 is 13.9 Å². The van der Waals surface area contributed by atoms with Crippen LogP contribution in [0.3, 0.4) is 0 Å². The van der Waals surface area contributed by atoms with Gasteiger partial charge in [0.25, 0.3) is 5.91 Å².